The molecule has 0 unspecified atom stereocenters. The normalized spacial score (nSPS) is 9.94. The average molecular weight is 249 g/mol. The smallest absolute Gasteiger partial charge is 0.277 e. The molecule has 0 aromatic heterocycles. The van der Waals surface area contributed by atoms with Gasteiger partial charge in [0.1, 0.15) is 11.6 Å². The zero-order chi connectivity index (χ0) is 13.5. The third-order valence-electron chi connectivity index (χ3n) is 2.41. The van der Waals surface area contributed by atoms with Gasteiger partial charge in [0.25, 0.3) is 5.91 Å². The van der Waals surface area contributed by atoms with Crippen LogP contribution in [-0.4, -0.2) is 23.4 Å². The van der Waals surface area contributed by atoms with Crippen molar-refractivity contribution < 1.29 is 9.53 Å². The van der Waals surface area contributed by atoms with E-state index in [0.717, 1.165) is 11.4 Å². The Morgan fingerprint density at radius 3 is 2.67 bits per heavy atom. The zero-order valence-corrected chi connectivity index (χ0v) is 10.8. The predicted octanol–water partition coefficient (Wildman–Crippen LogP) is 2.18. The second kappa shape index (κ2) is 6.76. The van der Waals surface area contributed by atoms with Crippen molar-refractivity contribution in [3.8, 4) is 5.75 Å². The van der Waals surface area contributed by atoms with Gasteiger partial charge in [-0.3, -0.25) is 10.2 Å². The summed E-state index contributed by atoms with van der Waals surface area (Å²) in [5.41, 5.74) is 0.378. The lowest BCUT2D eigenvalue weighted by atomic mass is 10.1. The number of hydrogen-bond acceptors (Lipinski definition) is 4. The second-order valence-electron chi connectivity index (χ2n) is 3.80. The van der Waals surface area contributed by atoms with Crippen LogP contribution in [0.25, 0.3) is 0 Å². The molecule has 0 saturated heterocycles. The standard InChI is InChI=1S/C13H19N3O2/c1-3-7-12(14)16(15)13(17)10-8-5-6-9-11(10)18-4-2/h5-6,8-9,14H,3-4,7,15H2,1-2H3. The van der Waals surface area contributed by atoms with E-state index in [-0.39, 0.29) is 5.84 Å². The molecule has 0 heterocycles. The molecule has 5 nitrogen and oxygen atoms in total. The van der Waals surface area contributed by atoms with E-state index in [9.17, 15) is 4.79 Å². The van der Waals surface area contributed by atoms with Crippen molar-refractivity contribution in [2.45, 2.75) is 26.7 Å². The van der Waals surface area contributed by atoms with Crippen molar-refractivity contribution >= 4 is 11.7 Å². The first-order valence-electron chi connectivity index (χ1n) is 6.00. The third-order valence-corrected chi connectivity index (χ3v) is 2.41. The number of carbonyl (C=O) groups excluding carboxylic acids is 1. The number of para-hydroxylation sites is 1. The summed E-state index contributed by atoms with van der Waals surface area (Å²) in [7, 11) is 0. The Balaban J connectivity index is 2.92. The Kier molecular flexibility index (Phi) is 5.32. The number of carbonyl (C=O) groups is 1. The van der Waals surface area contributed by atoms with Crippen LogP contribution in [0.3, 0.4) is 0 Å². The van der Waals surface area contributed by atoms with Crippen LogP contribution >= 0.6 is 0 Å². The molecule has 1 rings (SSSR count). The first-order chi connectivity index (χ1) is 8.61. The summed E-state index contributed by atoms with van der Waals surface area (Å²) in [6.45, 7) is 4.25. The van der Waals surface area contributed by atoms with Crippen LogP contribution in [0.4, 0.5) is 0 Å². The van der Waals surface area contributed by atoms with Crippen LogP contribution in [0.15, 0.2) is 24.3 Å². The maximum atomic E-state index is 12.1. The van der Waals surface area contributed by atoms with E-state index in [2.05, 4.69) is 0 Å². The van der Waals surface area contributed by atoms with Gasteiger partial charge in [0.15, 0.2) is 0 Å². The number of hydrazine groups is 1. The van der Waals surface area contributed by atoms with Crippen LogP contribution in [0, 0.1) is 5.41 Å². The average Bonchev–Trinajstić information content (AvgIpc) is 2.38. The first-order valence-corrected chi connectivity index (χ1v) is 6.00. The second-order valence-corrected chi connectivity index (χ2v) is 3.80. The van der Waals surface area contributed by atoms with Gasteiger partial charge >= 0.3 is 0 Å². The fourth-order valence-electron chi connectivity index (χ4n) is 1.53. The minimum absolute atomic E-state index is 0.105. The molecule has 0 fully saturated rings. The first kappa shape index (κ1) is 14.2. The summed E-state index contributed by atoms with van der Waals surface area (Å²) < 4.78 is 5.37. The Labute approximate surface area is 107 Å². The molecule has 0 spiro atoms. The SMILES string of the molecule is CCCC(=N)N(N)C(=O)c1ccccc1OCC. The Hall–Kier alpha value is -1.88. The van der Waals surface area contributed by atoms with E-state index in [0.29, 0.717) is 24.3 Å². The zero-order valence-electron chi connectivity index (χ0n) is 10.8. The Bertz CT molecular complexity index is 432. The number of amides is 1. The topological polar surface area (TPSA) is 79.4 Å². The lowest BCUT2D eigenvalue weighted by Crippen LogP contribution is -2.42. The summed E-state index contributed by atoms with van der Waals surface area (Å²) in [6, 6.07) is 6.90. The fourth-order valence-corrected chi connectivity index (χ4v) is 1.53. The lowest BCUT2D eigenvalue weighted by molar-refractivity contribution is 0.0839. The van der Waals surface area contributed by atoms with E-state index in [1.54, 1.807) is 24.3 Å². The maximum absolute atomic E-state index is 12.1. The van der Waals surface area contributed by atoms with Gasteiger partial charge in [0, 0.05) is 6.42 Å². The molecule has 98 valence electrons. The highest BCUT2D eigenvalue weighted by atomic mass is 16.5. The highest BCUT2D eigenvalue weighted by Crippen LogP contribution is 2.19. The molecule has 18 heavy (non-hydrogen) atoms. The molecule has 1 aromatic carbocycles. The van der Waals surface area contributed by atoms with Gasteiger partial charge in [0.2, 0.25) is 0 Å². The molecule has 0 aliphatic carbocycles. The summed E-state index contributed by atoms with van der Waals surface area (Å²) in [5.74, 6) is 5.82. The molecule has 0 bridgehead atoms. The Morgan fingerprint density at radius 1 is 1.39 bits per heavy atom. The molecule has 0 atom stereocenters. The molecule has 5 heteroatoms. The van der Waals surface area contributed by atoms with E-state index >= 15 is 0 Å². The van der Waals surface area contributed by atoms with Gasteiger partial charge in [-0.2, -0.15) is 0 Å². The Morgan fingerprint density at radius 2 is 2.06 bits per heavy atom. The van der Waals surface area contributed by atoms with E-state index < -0.39 is 5.91 Å². The minimum atomic E-state index is -0.419. The van der Waals surface area contributed by atoms with Crippen LogP contribution < -0.4 is 10.6 Å². The van der Waals surface area contributed by atoms with Gasteiger partial charge in [0.05, 0.1) is 12.2 Å². The van der Waals surface area contributed by atoms with Crippen molar-refractivity contribution in [2.75, 3.05) is 6.61 Å². The monoisotopic (exact) mass is 249 g/mol. The minimum Gasteiger partial charge on any atom is -0.493 e. The van der Waals surface area contributed by atoms with Gasteiger partial charge in [-0.1, -0.05) is 19.1 Å². The summed E-state index contributed by atoms with van der Waals surface area (Å²) >= 11 is 0. The molecule has 0 aliphatic heterocycles. The number of nitrogens with zero attached hydrogens (tertiary/aromatic N) is 1. The highest BCUT2D eigenvalue weighted by molar-refractivity contribution is 6.06. The van der Waals surface area contributed by atoms with Crippen molar-refractivity contribution in [2.24, 2.45) is 5.84 Å². The van der Waals surface area contributed by atoms with Crippen LogP contribution in [0.5, 0.6) is 5.75 Å². The number of hydrogen-bond donors (Lipinski definition) is 2. The van der Waals surface area contributed by atoms with Crippen LogP contribution in [-0.2, 0) is 0 Å². The number of amidine groups is 1. The molecule has 0 radical (unpaired) electrons. The van der Waals surface area contributed by atoms with Gasteiger partial charge in [-0.05, 0) is 25.5 Å². The number of nitrogens with one attached hydrogen (secondary N) is 1. The molecule has 0 saturated carbocycles. The molecule has 1 amide bonds. The quantitative estimate of drug-likeness (QED) is 0.276. The summed E-state index contributed by atoms with van der Waals surface area (Å²) in [5, 5.41) is 8.56. The molecular weight excluding hydrogens is 230 g/mol. The largest absolute Gasteiger partial charge is 0.493 e. The van der Waals surface area contributed by atoms with E-state index in [1.165, 1.54) is 0 Å². The molecule has 0 aliphatic rings. The number of nitrogens with two attached hydrogens (primary N) is 1. The van der Waals surface area contributed by atoms with Gasteiger partial charge in [-0.25, -0.2) is 10.9 Å². The van der Waals surface area contributed by atoms with Crippen molar-refractivity contribution in [1.82, 2.24) is 5.01 Å². The van der Waals surface area contributed by atoms with Crippen LogP contribution in [0.1, 0.15) is 37.0 Å². The summed E-state index contributed by atoms with van der Waals surface area (Å²) in [6.07, 6.45) is 1.24. The van der Waals surface area contributed by atoms with E-state index in [1.807, 2.05) is 13.8 Å². The number of benzene rings is 1. The third kappa shape index (κ3) is 3.30. The number of rotatable bonds is 5. The molecule has 1 aromatic rings. The van der Waals surface area contributed by atoms with Crippen LogP contribution in [0.2, 0.25) is 0 Å². The lowest BCUT2D eigenvalue weighted by Gasteiger charge is -2.18. The number of ether oxygens (including phenoxy) is 1. The summed E-state index contributed by atoms with van der Waals surface area (Å²) in [4.78, 5) is 12.1. The predicted molar refractivity (Wildman–Crippen MR) is 70.6 cm³/mol. The van der Waals surface area contributed by atoms with Gasteiger partial charge in [-0.15, -0.1) is 0 Å². The van der Waals surface area contributed by atoms with Crippen molar-refractivity contribution in [1.29, 1.82) is 5.41 Å². The maximum Gasteiger partial charge on any atom is 0.277 e. The highest BCUT2D eigenvalue weighted by Gasteiger charge is 2.19. The van der Waals surface area contributed by atoms with Crippen molar-refractivity contribution in [3.63, 3.8) is 0 Å². The fraction of sp³-hybridized carbons (Fsp3) is 0.385. The van der Waals surface area contributed by atoms with E-state index in [4.69, 9.17) is 16.0 Å². The molecule has 3 N–H and O–H groups in total. The van der Waals surface area contributed by atoms with Crippen molar-refractivity contribution in [3.05, 3.63) is 29.8 Å². The molecular formula is C13H19N3O2. The van der Waals surface area contributed by atoms with Gasteiger partial charge < -0.3 is 4.74 Å².